The van der Waals surface area contributed by atoms with Crippen molar-refractivity contribution in [2.45, 2.75) is 39.7 Å². The summed E-state index contributed by atoms with van der Waals surface area (Å²) in [5.74, 6) is 0.592. The molecule has 0 saturated carbocycles. The molecule has 0 aliphatic rings. The number of aliphatic hydroxyl groups is 1. The zero-order chi connectivity index (χ0) is 15.0. The van der Waals surface area contributed by atoms with Crippen LogP contribution in [0.2, 0.25) is 0 Å². The molecule has 0 aromatic carbocycles. The van der Waals surface area contributed by atoms with Crippen LogP contribution in [0.3, 0.4) is 0 Å². The predicted octanol–water partition coefficient (Wildman–Crippen LogP) is 2.14. The van der Waals surface area contributed by atoms with Gasteiger partial charge >= 0.3 is 0 Å². The van der Waals surface area contributed by atoms with E-state index in [1.54, 1.807) is 23.2 Å². The summed E-state index contributed by atoms with van der Waals surface area (Å²) in [5, 5.41) is 12.1. The van der Waals surface area contributed by atoms with Crippen molar-refractivity contribution in [2.24, 2.45) is 0 Å². The second-order valence-electron chi connectivity index (χ2n) is 5.00. The van der Waals surface area contributed by atoms with Crippen molar-refractivity contribution in [1.82, 2.24) is 9.88 Å². The standard InChI is InChI=1S/C15H25N3O2/c1-4-8-16-14-13(7-5-9-17-14)15(20)18(12(2)3)10-6-11-19/h5,7,9,12,19H,4,6,8,10-11H2,1-3H3,(H,16,17). The second kappa shape index (κ2) is 8.53. The van der Waals surface area contributed by atoms with Crippen molar-refractivity contribution in [1.29, 1.82) is 0 Å². The number of hydrogen-bond acceptors (Lipinski definition) is 4. The lowest BCUT2D eigenvalue weighted by atomic mass is 10.2. The van der Waals surface area contributed by atoms with Gasteiger partial charge in [0.1, 0.15) is 5.82 Å². The molecule has 1 amide bonds. The summed E-state index contributed by atoms with van der Waals surface area (Å²) in [5.41, 5.74) is 0.590. The number of nitrogens with zero attached hydrogens (tertiary/aromatic N) is 2. The first-order chi connectivity index (χ1) is 9.61. The topological polar surface area (TPSA) is 65.5 Å². The Bertz CT molecular complexity index is 421. The average molecular weight is 279 g/mol. The molecule has 0 atom stereocenters. The van der Waals surface area contributed by atoms with E-state index < -0.39 is 0 Å². The summed E-state index contributed by atoms with van der Waals surface area (Å²) in [6.45, 7) is 7.45. The lowest BCUT2D eigenvalue weighted by Crippen LogP contribution is -2.38. The SMILES string of the molecule is CCCNc1ncccc1C(=O)N(CCCO)C(C)C. The number of hydrogen-bond donors (Lipinski definition) is 2. The average Bonchev–Trinajstić information content (AvgIpc) is 2.45. The van der Waals surface area contributed by atoms with E-state index in [-0.39, 0.29) is 18.6 Å². The van der Waals surface area contributed by atoms with Crippen molar-refractivity contribution in [3.63, 3.8) is 0 Å². The molecule has 1 aromatic heterocycles. The molecule has 0 radical (unpaired) electrons. The van der Waals surface area contributed by atoms with E-state index in [0.717, 1.165) is 13.0 Å². The Hall–Kier alpha value is -1.62. The van der Waals surface area contributed by atoms with Crippen LogP contribution in [0.1, 0.15) is 44.0 Å². The van der Waals surface area contributed by atoms with E-state index in [4.69, 9.17) is 5.11 Å². The van der Waals surface area contributed by atoms with Gasteiger partial charge in [0.15, 0.2) is 0 Å². The highest BCUT2D eigenvalue weighted by Crippen LogP contribution is 2.16. The van der Waals surface area contributed by atoms with Crippen molar-refractivity contribution >= 4 is 11.7 Å². The fourth-order valence-electron chi connectivity index (χ4n) is 1.95. The zero-order valence-electron chi connectivity index (χ0n) is 12.6. The Morgan fingerprint density at radius 2 is 2.25 bits per heavy atom. The third kappa shape index (κ3) is 4.49. The minimum atomic E-state index is -0.0415. The normalized spacial score (nSPS) is 10.7. The summed E-state index contributed by atoms with van der Waals surface area (Å²) < 4.78 is 0. The van der Waals surface area contributed by atoms with Crippen molar-refractivity contribution in [3.8, 4) is 0 Å². The first-order valence-corrected chi connectivity index (χ1v) is 7.22. The fraction of sp³-hybridized carbons (Fsp3) is 0.600. The number of nitrogens with one attached hydrogen (secondary N) is 1. The van der Waals surface area contributed by atoms with Crippen LogP contribution in [-0.2, 0) is 0 Å². The summed E-state index contributed by atoms with van der Waals surface area (Å²) >= 11 is 0. The van der Waals surface area contributed by atoms with Crippen LogP contribution >= 0.6 is 0 Å². The van der Waals surface area contributed by atoms with E-state index >= 15 is 0 Å². The number of aliphatic hydroxyl groups excluding tert-OH is 1. The molecule has 1 heterocycles. The molecule has 20 heavy (non-hydrogen) atoms. The van der Waals surface area contributed by atoms with E-state index in [1.807, 2.05) is 13.8 Å². The Kier molecular flexibility index (Phi) is 7.01. The highest BCUT2D eigenvalue weighted by atomic mass is 16.3. The van der Waals surface area contributed by atoms with E-state index in [2.05, 4.69) is 17.2 Å². The number of carbonyl (C=O) groups excluding carboxylic acids is 1. The Morgan fingerprint density at radius 1 is 1.50 bits per heavy atom. The minimum Gasteiger partial charge on any atom is -0.396 e. The molecule has 0 bridgehead atoms. The minimum absolute atomic E-state index is 0.0415. The highest BCUT2D eigenvalue weighted by Gasteiger charge is 2.21. The quantitative estimate of drug-likeness (QED) is 0.765. The zero-order valence-corrected chi connectivity index (χ0v) is 12.6. The molecule has 0 aliphatic heterocycles. The van der Waals surface area contributed by atoms with Crippen molar-refractivity contribution in [3.05, 3.63) is 23.9 Å². The molecule has 5 heteroatoms. The number of aromatic nitrogens is 1. The number of carbonyl (C=O) groups is 1. The van der Waals surface area contributed by atoms with Gasteiger partial charge < -0.3 is 15.3 Å². The number of amides is 1. The van der Waals surface area contributed by atoms with Gasteiger partial charge in [-0.15, -0.1) is 0 Å². The molecule has 0 unspecified atom stereocenters. The maximum Gasteiger partial charge on any atom is 0.257 e. The molecule has 5 nitrogen and oxygen atoms in total. The van der Waals surface area contributed by atoms with Gasteiger partial charge in [-0.3, -0.25) is 4.79 Å². The molecule has 0 fully saturated rings. The van der Waals surface area contributed by atoms with Crippen LogP contribution in [0.15, 0.2) is 18.3 Å². The van der Waals surface area contributed by atoms with Crippen LogP contribution in [0.4, 0.5) is 5.82 Å². The predicted molar refractivity (Wildman–Crippen MR) is 80.9 cm³/mol. The lowest BCUT2D eigenvalue weighted by molar-refractivity contribution is 0.0694. The third-order valence-electron chi connectivity index (χ3n) is 3.02. The van der Waals surface area contributed by atoms with Gasteiger partial charge in [0.25, 0.3) is 5.91 Å². The van der Waals surface area contributed by atoms with Crippen LogP contribution in [0.5, 0.6) is 0 Å². The maximum absolute atomic E-state index is 12.6. The monoisotopic (exact) mass is 279 g/mol. The summed E-state index contributed by atoms with van der Waals surface area (Å²) in [7, 11) is 0. The Morgan fingerprint density at radius 3 is 2.85 bits per heavy atom. The second-order valence-corrected chi connectivity index (χ2v) is 5.00. The molecular formula is C15H25N3O2. The van der Waals surface area contributed by atoms with E-state index in [1.165, 1.54) is 0 Å². The van der Waals surface area contributed by atoms with Gasteiger partial charge in [0.05, 0.1) is 5.56 Å². The van der Waals surface area contributed by atoms with Gasteiger partial charge in [0.2, 0.25) is 0 Å². The van der Waals surface area contributed by atoms with Crippen LogP contribution in [-0.4, -0.2) is 46.6 Å². The molecular weight excluding hydrogens is 254 g/mol. The molecule has 0 saturated heterocycles. The van der Waals surface area contributed by atoms with Gasteiger partial charge in [0, 0.05) is 31.9 Å². The smallest absolute Gasteiger partial charge is 0.257 e. The van der Waals surface area contributed by atoms with Gasteiger partial charge in [-0.2, -0.15) is 0 Å². The summed E-state index contributed by atoms with van der Waals surface area (Å²) in [4.78, 5) is 18.7. The van der Waals surface area contributed by atoms with Gasteiger partial charge in [-0.05, 0) is 38.8 Å². The molecule has 1 rings (SSSR count). The van der Waals surface area contributed by atoms with Crippen molar-refractivity contribution in [2.75, 3.05) is 25.0 Å². The van der Waals surface area contributed by atoms with Crippen molar-refractivity contribution < 1.29 is 9.90 Å². The fourth-order valence-corrected chi connectivity index (χ4v) is 1.95. The van der Waals surface area contributed by atoms with E-state index in [0.29, 0.717) is 24.3 Å². The van der Waals surface area contributed by atoms with Gasteiger partial charge in [-0.25, -0.2) is 4.98 Å². The third-order valence-corrected chi connectivity index (χ3v) is 3.02. The first-order valence-electron chi connectivity index (χ1n) is 7.22. The Labute approximate surface area is 121 Å². The molecule has 0 aliphatic carbocycles. The molecule has 1 aromatic rings. The Balaban J connectivity index is 2.93. The number of pyridine rings is 1. The maximum atomic E-state index is 12.6. The number of anilines is 1. The summed E-state index contributed by atoms with van der Waals surface area (Å²) in [6, 6.07) is 3.66. The van der Waals surface area contributed by atoms with Crippen LogP contribution in [0.25, 0.3) is 0 Å². The van der Waals surface area contributed by atoms with E-state index in [9.17, 15) is 4.79 Å². The lowest BCUT2D eigenvalue weighted by Gasteiger charge is -2.27. The summed E-state index contributed by atoms with van der Waals surface area (Å²) in [6.07, 6.45) is 3.24. The molecule has 112 valence electrons. The number of rotatable bonds is 8. The highest BCUT2D eigenvalue weighted by molar-refractivity contribution is 5.98. The van der Waals surface area contributed by atoms with Gasteiger partial charge in [-0.1, -0.05) is 6.92 Å². The first kappa shape index (κ1) is 16.4. The largest absolute Gasteiger partial charge is 0.396 e. The molecule has 2 N–H and O–H groups in total. The molecule has 0 spiro atoms. The van der Waals surface area contributed by atoms with Crippen LogP contribution < -0.4 is 5.32 Å². The van der Waals surface area contributed by atoms with Crippen LogP contribution in [0, 0.1) is 0 Å².